The second kappa shape index (κ2) is 6.28. The Kier molecular flexibility index (Phi) is 3.76. The molecule has 0 amide bonds. The molecule has 5 heteroatoms. The zero-order chi connectivity index (χ0) is 18.4. The molecule has 1 N–H and O–H groups in total. The Morgan fingerprint density at radius 2 is 1.89 bits per heavy atom. The van der Waals surface area contributed by atoms with Crippen LogP contribution in [0.5, 0.6) is 0 Å². The van der Waals surface area contributed by atoms with Crippen LogP contribution >= 0.6 is 0 Å². The molecule has 1 aliphatic heterocycles. The average molecular weight is 358 g/mol. The summed E-state index contributed by atoms with van der Waals surface area (Å²) in [5.41, 5.74) is 4.46. The summed E-state index contributed by atoms with van der Waals surface area (Å²) in [4.78, 5) is 14.1. The van der Waals surface area contributed by atoms with E-state index in [9.17, 15) is 0 Å². The maximum absolute atomic E-state index is 15.4. The van der Waals surface area contributed by atoms with Crippen LogP contribution < -0.4 is 0 Å². The van der Waals surface area contributed by atoms with Gasteiger partial charge < -0.3 is 9.88 Å². The topological polar surface area (TPSA) is 44.8 Å². The number of nitrogens with one attached hydrogen (secondary N) is 1. The van der Waals surface area contributed by atoms with E-state index in [1.165, 1.54) is 5.39 Å². The third kappa shape index (κ3) is 2.71. The molecule has 0 aliphatic carbocycles. The van der Waals surface area contributed by atoms with E-state index in [-0.39, 0.29) is 11.7 Å². The predicted octanol–water partition coefficient (Wildman–Crippen LogP) is 4.34. The van der Waals surface area contributed by atoms with Crippen molar-refractivity contribution in [2.24, 2.45) is 0 Å². The molecule has 1 atom stereocenters. The van der Waals surface area contributed by atoms with Crippen LogP contribution in [-0.4, -0.2) is 33.4 Å². The van der Waals surface area contributed by atoms with E-state index in [2.05, 4.69) is 38.1 Å². The van der Waals surface area contributed by atoms with Crippen LogP contribution in [0.15, 0.2) is 60.9 Å². The van der Waals surface area contributed by atoms with Crippen LogP contribution in [-0.2, 0) is 6.54 Å². The van der Waals surface area contributed by atoms with Gasteiger partial charge in [0, 0.05) is 48.2 Å². The number of aromatic amines is 1. The van der Waals surface area contributed by atoms with Gasteiger partial charge in [0.25, 0.3) is 0 Å². The van der Waals surface area contributed by atoms with Gasteiger partial charge in [0.15, 0.2) is 5.82 Å². The number of nitrogens with zero attached hydrogens (tertiary/aromatic N) is 3. The summed E-state index contributed by atoms with van der Waals surface area (Å²) in [6.45, 7) is 1.43. The number of para-hydroxylation sites is 1. The summed E-state index contributed by atoms with van der Waals surface area (Å²) in [5, 5.41) is 1.18. The monoisotopic (exact) mass is 358 g/mol. The number of halogens is 1. The maximum Gasteiger partial charge on any atom is 0.162 e. The van der Waals surface area contributed by atoms with E-state index in [1.54, 1.807) is 18.5 Å². The average Bonchev–Trinajstić information content (AvgIpc) is 3.13. The molecule has 27 heavy (non-hydrogen) atoms. The highest BCUT2D eigenvalue weighted by Gasteiger charge is 2.29. The van der Waals surface area contributed by atoms with Crippen molar-refractivity contribution in [2.75, 3.05) is 13.6 Å². The first kappa shape index (κ1) is 16.1. The molecule has 1 unspecified atom stereocenters. The van der Waals surface area contributed by atoms with Crippen molar-refractivity contribution < 1.29 is 4.39 Å². The number of hydrogen-bond donors (Lipinski definition) is 1. The van der Waals surface area contributed by atoms with E-state index in [1.807, 2.05) is 31.3 Å². The highest BCUT2D eigenvalue weighted by Crippen LogP contribution is 2.37. The van der Waals surface area contributed by atoms with Crippen LogP contribution in [0.2, 0.25) is 0 Å². The highest BCUT2D eigenvalue weighted by molar-refractivity contribution is 5.80. The first-order chi connectivity index (χ1) is 13.2. The molecule has 0 saturated heterocycles. The van der Waals surface area contributed by atoms with E-state index in [0.29, 0.717) is 17.9 Å². The Balaban J connectivity index is 1.64. The van der Waals surface area contributed by atoms with Crippen molar-refractivity contribution in [3.63, 3.8) is 0 Å². The molecule has 0 bridgehead atoms. The molecule has 5 rings (SSSR count). The highest BCUT2D eigenvalue weighted by atomic mass is 19.1. The van der Waals surface area contributed by atoms with Crippen LogP contribution in [0.25, 0.3) is 22.3 Å². The molecule has 1 aliphatic rings. The molecule has 2 aromatic carbocycles. The van der Waals surface area contributed by atoms with Gasteiger partial charge in [-0.3, -0.25) is 0 Å². The van der Waals surface area contributed by atoms with Crippen molar-refractivity contribution in [2.45, 2.75) is 12.5 Å². The summed E-state index contributed by atoms with van der Waals surface area (Å²) < 4.78 is 15.4. The minimum Gasteiger partial charge on any atom is -0.358 e. The predicted molar refractivity (Wildman–Crippen MR) is 104 cm³/mol. The zero-order valence-electron chi connectivity index (χ0n) is 15.0. The van der Waals surface area contributed by atoms with Crippen LogP contribution in [0.4, 0.5) is 4.39 Å². The molecule has 134 valence electrons. The lowest BCUT2D eigenvalue weighted by Gasteiger charge is -2.32. The van der Waals surface area contributed by atoms with Gasteiger partial charge in [-0.15, -0.1) is 0 Å². The van der Waals surface area contributed by atoms with Crippen LogP contribution in [0.3, 0.4) is 0 Å². The maximum atomic E-state index is 15.4. The number of hydrogen-bond acceptors (Lipinski definition) is 3. The first-order valence-corrected chi connectivity index (χ1v) is 9.05. The van der Waals surface area contributed by atoms with Gasteiger partial charge >= 0.3 is 0 Å². The lowest BCUT2D eigenvalue weighted by molar-refractivity contribution is 0.287. The minimum atomic E-state index is -0.216. The van der Waals surface area contributed by atoms with Gasteiger partial charge in [0.1, 0.15) is 5.82 Å². The van der Waals surface area contributed by atoms with Gasteiger partial charge in [0.2, 0.25) is 0 Å². The fraction of sp³-hybridized carbons (Fsp3) is 0.182. The van der Waals surface area contributed by atoms with Crippen molar-refractivity contribution >= 4 is 10.9 Å². The number of benzene rings is 2. The lowest BCUT2D eigenvalue weighted by Crippen LogP contribution is -2.32. The Morgan fingerprint density at radius 1 is 1.07 bits per heavy atom. The SMILES string of the molecule is CN1Cc2c(ccc(-c3ncccn3)c2F)C(c2cc3ccccc3[nH]2)C1. The third-order valence-corrected chi connectivity index (χ3v) is 5.31. The van der Waals surface area contributed by atoms with Gasteiger partial charge in [-0.1, -0.05) is 24.3 Å². The van der Waals surface area contributed by atoms with E-state index in [0.717, 1.165) is 28.9 Å². The normalized spacial score (nSPS) is 17.2. The molecular weight excluding hydrogens is 339 g/mol. The summed E-state index contributed by atoms with van der Waals surface area (Å²) in [5.74, 6) is 0.311. The molecule has 0 spiro atoms. The van der Waals surface area contributed by atoms with Gasteiger partial charge in [-0.05, 0) is 42.3 Å². The van der Waals surface area contributed by atoms with E-state index in [4.69, 9.17) is 0 Å². The molecule has 0 fully saturated rings. The first-order valence-electron chi connectivity index (χ1n) is 9.05. The number of aromatic nitrogens is 3. The van der Waals surface area contributed by atoms with E-state index >= 15 is 4.39 Å². The van der Waals surface area contributed by atoms with Gasteiger partial charge in [0.05, 0.1) is 5.56 Å². The summed E-state index contributed by atoms with van der Waals surface area (Å²) in [7, 11) is 2.03. The Hall–Kier alpha value is -3.05. The Labute approximate surface area is 156 Å². The molecule has 4 nitrogen and oxygen atoms in total. The third-order valence-electron chi connectivity index (χ3n) is 5.31. The van der Waals surface area contributed by atoms with E-state index < -0.39 is 0 Å². The standard InChI is InChI=1S/C22H19FN4/c1-27-12-17(20-11-14-5-2-3-6-19(14)26-20)15-7-8-16(21(23)18(15)13-27)22-24-9-4-10-25-22/h2-11,17,26H,12-13H2,1H3. The van der Waals surface area contributed by atoms with Gasteiger partial charge in [-0.25, -0.2) is 14.4 Å². The zero-order valence-corrected chi connectivity index (χ0v) is 15.0. The summed E-state index contributed by atoms with van der Waals surface area (Å²) in [6.07, 6.45) is 3.28. The Bertz CT molecular complexity index is 1090. The molecule has 0 saturated carbocycles. The molecule has 3 heterocycles. The van der Waals surface area contributed by atoms with Crippen LogP contribution in [0.1, 0.15) is 22.7 Å². The molecule has 2 aromatic heterocycles. The van der Waals surface area contributed by atoms with Crippen LogP contribution in [0, 0.1) is 5.82 Å². The fourth-order valence-electron chi connectivity index (χ4n) is 4.03. The number of rotatable bonds is 2. The number of likely N-dealkylation sites (N-methyl/N-ethyl adjacent to an activating group) is 1. The van der Waals surface area contributed by atoms with Crippen molar-refractivity contribution in [1.29, 1.82) is 0 Å². The fourth-order valence-corrected chi connectivity index (χ4v) is 4.03. The van der Waals surface area contributed by atoms with Crippen molar-refractivity contribution in [3.05, 3.63) is 83.6 Å². The van der Waals surface area contributed by atoms with Crippen molar-refractivity contribution in [3.8, 4) is 11.4 Å². The molecule has 4 aromatic rings. The minimum absolute atomic E-state index is 0.103. The Morgan fingerprint density at radius 3 is 2.70 bits per heavy atom. The summed E-state index contributed by atoms with van der Waals surface area (Å²) >= 11 is 0. The lowest BCUT2D eigenvalue weighted by atomic mass is 9.86. The van der Waals surface area contributed by atoms with Crippen molar-refractivity contribution in [1.82, 2.24) is 19.9 Å². The van der Waals surface area contributed by atoms with Gasteiger partial charge in [-0.2, -0.15) is 0 Å². The molecular formula is C22H19FN4. The largest absolute Gasteiger partial charge is 0.358 e. The number of H-pyrrole nitrogens is 1. The smallest absolute Gasteiger partial charge is 0.162 e. The quantitative estimate of drug-likeness (QED) is 0.580. The second-order valence-electron chi connectivity index (χ2n) is 7.13. The summed E-state index contributed by atoms with van der Waals surface area (Å²) in [6, 6.07) is 16.0. The second-order valence-corrected chi connectivity index (χ2v) is 7.13. The number of fused-ring (bicyclic) bond motifs is 2. The molecule has 0 radical (unpaired) electrons.